The molecule has 2 N–H and O–H groups in total. The van der Waals surface area contributed by atoms with E-state index < -0.39 is 23.7 Å². The second-order valence-corrected chi connectivity index (χ2v) is 8.85. The minimum absolute atomic E-state index is 0.0537. The van der Waals surface area contributed by atoms with Crippen LogP contribution in [0.3, 0.4) is 0 Å². The van der Waals surface area contributed by atoms with Gasteiger partial charge in [0.1, 0.15) is 11.5 Å². The van der Waals surface area contributed by atoms with Gasteiger partial charge in [0.25, 0.3) is 5.91 Å². The van der Waals surface area contributed by atoms with E-state index in [9.17, 15) is 19.2 Å². The van der Waals surface area contributed by atoms with Crippen molar-refractivity contribution >= 4 is 57.1 Å². The van der Waals surface area contributed by atoms with Gasteiger partial charge in [0.15, 0.2) is 0 Å². The average molecular weight is 564 g/mol. The number of carbonyl (C=O) groups is 4. The highest BCUT2D eigenvalue weighted by Gasteiger charge is 2.38. The van der Waals surface area contributed by atoms with Gasteiger partial charge in [0.05, 0.1) is 24.8 Å². The van der Waals surface area contributed by atoms with Gasteiger partial charge in [-0.25, -0.2) is 4.79 Å². The van der Waals surface area contributed by atoms with Gasteiger partial charge in [0.2, 0.25) is 0 Å². The zero-order valence-electron chi connectivity index (χ0n) is 19.9. The summed E-state index contributed by atoms with van der Waals surface area (Å²) in [4.78, 5) is 51.5. The Morgan fingerprint density at radius 1 is 1.00 bits per heavy atom. The summed E-state index contributed by atoms with van der Waals surface area (Å²) in [5.74, 6) is -2.07. The second-order valence-electron chi connectivity index (χ2n) is 7.93. The number of carbonyl (C=O) groups excluding carboxylic acids is 4. The number of hydrogen-bond acceptors (Lipinski definition) is 6. The lowest BCUT2D eigenvalue weighted by molar-refractivity contribution is -0.136. The Kier molecular flexibility index (Phi) is 7.69. The molecule has 0 aliphatic carbocycles. The zero-order valence-corrected chi connectivity index (χ0v) is 21.5. The van der Waals surface area contributed by atoms with Crippen LogP contribution in [0.15, 0.2) is 92.5 Å². The first-order chi connectivity index (χ1) is 17.8. The molecule has 0 fully saturated rings. The molecule has 0 spiro atoms. The third-order valence-electron chi connectivity index (χ3n) is 5.50. The van der Waals surface area contributed by atoms with Gasteiger partial charge < -0.3 is 19.8 Å². The number of nitrogens with one attached hydrogen (secondary N) is 2. The summed E-state index contributed by atoms with van der Waals surface area (Å²) in [5, 5.41) is 4.98. The van der Waals surface area contributed by atoms with Crippen LogP contribution >= 0.6 is 15.9 Å². The standard InChI is InChI=1S/C27H22BrN3O6/c1-16-23(27(35)36-2)22(26(34)31(16)19-10-8-17(28)9-11-19)14-20-12-13-21(37-20)15-29-24(32)25(33)30-18-6-4-3-5-7-18/h3-14H,15H2,1-2H3,(H,29,32)(H,30,33)/b22-14+. The van der Waals surface area contributed by atoms with E-state index in [4.69, 9.17) is 9.15 Å². The number of para-hydroxylation sites is 1. The number of anilines is 2. The minimum Gasteiger partial charge on any atom is -0.465 e. The maximum Gasteiger partial charge on any atom is 0.340 e. The number of halogens is 1. The van der Waals surface area contributed by atoms with Crippen LogP contribution in [0.5, 0.6) is 0 Å². The van der Waals surface area contributed by atoms with Crippen molar-refractivity contribution in [3.8, 4) is 0 Å². The molecule has 2 aromatic carbocycles. The molecule has 1 aromatic heterocycles. The maximum absolute atomic E-state index is 13.3. The minimum atomic E-state index is -0.831. The molecule has 1 aliphatic heterocycles. The lowest BCUT2D eigenvalue weighted by atomic mass is 10.1. The normalized spacial score (nSPS) is 14.2. The van der Waals surface area contributed by atoms with E-state index in [2.05, 4.69) is 26.6 Å². The van der Waals surface area contributed by atoms with Crippen molar-refractivity contribution in [2.45, 2.75) is 13.5 Å². The van der Waals surface area contributed by atoms with E-state index in [0.29, 0.717) is 22.8 Å². The van der Waals surface area contributed by atoms with Crippen LogP contribution in [-0.4, -0.2) is 30.8 Å². The van der Waals surface area contributed by atoms with Crippen molar-refractivity contribution in [2.24, 2.45) is 0 Å². The Hall–Kier alpha value is -4.44. The lowest BCUT2D eigenvalue weighted by Gasteiger charge is -2.17. The fourth-order valence-electron chi connectivity index (χ4n) is 3.75. The summed E-state index contributed by atoms with van der Waals surface area (Å²) < 4.78 is 11.5. The molecule has 188 valence electrons. The number of esters is 1. The van der Waals surface area contributed by atoms with E-state index in [1.54, 1.807) is 73.7 Å². The molecule has 0 atom stereocenters. The molecule has 0 bridgehead atoms. The number of allylic oxidation sites excluding steroid dienone is 1. The zero-order chi connectivity index (χ0) is 26.5. The summed E-state index contributed by atoms with van der Waals surface area (Å²) in [5.41, 5.74) is 1.75. The predicted molar refractivity (Wildman–Crippen MR) is 140 cm³/mol. The van der Waals surface area contributed by atoms with Gasteiger partial charge in [-0.15, -0.1) is 0 Å². The van der Waals surface area contributed by atoms with Crippen LogP contribution in [0.2, 0.25) is 0 Å². The Morgan fingerprint density at radius 2 is 1.70 bits per heavy atom. The van der Waals surface area contributed by atoms with Crippen LogP contribution in [0.1, 0.15) is 18.4 Å². The highest BCUT2D eigenvalue weighted by Crippen LogP contribution is 2.36. The first-order valence-corrected chi connectivity index (χ1v) is 11.9. The number of benzene rings is 2. The smallest absolute Gasteiger partial charge is 0.340 e. The van der Waals surface area contributed by atoms with Crippen LogP contribution < -0.4 is 15.5 Å². The van der Waals surface area contributed by atoms with E-state index in [-0.39, 0.29) is 23.5 Å². The molecule has 0 radical (unpaired) electrons. The van der Waals surface area contributed by atoms with Crippen molar-refractivity contribution < 1.29 is 28.3 Å². The monoisotopic (exact) mass is 563 g/mol. The molecule has 9 nitrogen and oxygen atoms in total. The van der Waals surface area contributed by atoms with Crippen molar-refractivity contribution in [3.63, 3.8) is 0 Å². The summed E-state index contributed by atoms with van der Waals surface area (Å²) in [6.45, 7) is 1.61. The number of hydrogen-bond donors (Lipinski definition) is 2. The fourth-order valence-corrected chi connectivity index (χ4v) is 4.01. The largest absolute Gasteiger partial charge is 0.465 e. The van der Waals surface area contributed by atoms with Crippen molar-refractivity contribution in [2.75, 3.05) is 17.3 Å². The van der Waals surface area contributed by atoms with E-state index in [0.717, 1.165) is 4.47 Å². The Labute approximate surface area is 220 Å². The van der Waals surface area contributed by atoms with Gasteiger partial charge >= 0.3 is 17.8 Å². The molecular formula is C27H22BrN3O6. The molecule has 2 heterocycles. The molecular weight excluding hydrogens is 542 g/mol. The lowest BCUT2D eigenvalue weighted by Crippen LogP contribution is -2.34. The maximum atomic E-state index is 13.3. The highest BCUT2D eigenvalue weighted by molar-refractivity contribution is 9.10. The number of amides is 3. The van der Waals surface area contributed by atoms with Crippen LogP contribution in [0, 0.1) is 0 Å². The predicted octanol–water partition coefficient (Wildman–Crippen LogP) is 4.17. The number of ether oxygens (including phenoxy) is 1. The van der Waals surface area contributed by atoms with Crippen LogP contribution in [0.4, 0.5) is 11.4 Å². The molecule has 37 heavy (non-hydrogen) atoms. The molecule has 0 saturated heterocycles. The number of methoxy groups -OCH3 is 1. The summed E-state index contributed by atoms with van der Waals surface area (Å²) in [7, 11) is 1.24. The number of nitrogens with zero attached hydrogens (tertiary/aromatic N) is 1. The molecule has 0 unspecified atom stereocenters. The van der Waals surface area contributed by atoms with Gasteiger partial charge in [0, 0.05) is 21.5 Å². The quantitative estimate of drug-likeness (QED) is 0.264. The molecule has 0 saturated carbocycles. The van der Waals surface area contributed by atoms with Gasteiger partial charge in [-0.3, -0.25) is 19.3 Å². The highest BCUT2D eigenvalue weighted by atomic mass is 79.9. The Balaban J connectivity index is 1.50. The number of rotatable bonds is 6. The summed E-state index contributed by atoms with van der Waals surface area (Å²) >= 11 is 3.37. The van der Waals surface area contributed by atoms with Crippen molar-refractivity contribution in [1.82, 2.24) is 5.32 Å². The van der Waals surface area contributed by atoms with Crippen molar-refractivity contribution in [3.05, 3.63) is 99.6 Å². The Morgan fingerprint density at radius 3 is 2.38 bits per heavy atom. The third kappa shape index (κ3) is 5.70. The summed E-state index contributed by atoms with van der Waals surface area (Å²) in [6.07, 6.45) is 1.45. The molecule has 3 aromatic rings. The van der Waals surface area contributed by atoms with E-state index in [1.807, 2.05) is 0 Å². The molecule has 4 rings (SSSR count). The first-order valence-electron chi connectivity index (χ1n) is 11.1. The van der Waals surface area contributed by atoms with Gasteiger partial charge in [-0.1, -0.05) is 34.1 Å². The third-order valence-corrected chi connectivity index (χ3v) is 6.03. The molecule has 1 aliphatic rings. The van der Waals surface area contributed by atoms with Crippen molar-refractivity contribution in [1.29, 1.82) is 0 Å². The number of furan rings is 1. The molecule has 3 amide bonds. The van der Waals surface area contributed by atoms with Gasteiger partial charge in [-0.05, 0) is 61.5 Å². The first kappa shape index (κ1) is 25.6. The fraction of sp³-hybridized carbons (Fsp3) is 0.111. The van der Waals surface area contributed by atoms with Gasteiger partial charge in [-0.2, -0.15) is 0 Å². The second kappa shape index (κ2) is 11.1. The Bertz CT molecular complexity index is 1420. The SMILES string of the molecule is COC(=O)C1=C(C)N(c2ccc(Br)cc2)C(=O)/C1=C/c1ccc(CNC(=O)C(=O)Nc2ccccc2)o1. The van der Waals surface area contributed by atoms with Crippen LogP contribution in [-0.2, 0) is 30.5 Å². The average Bonchev–Trinajstić information content (AvgIpc) is 3.45. The van der Waals surface area contributed by atoms with Crippen LogP contribution in [0.25, 0.3) is 6.08 Å². The molecule has 10 heteroatoms. The van der Waals surface area contributed by atoms with E-state index in [1.165, 1.54) is 18.1 Å². The van der Waals surface area contributed by atoms with E-state index >= 15 is 0 Å². The summed E-state index contributed by atoms with van der Waals surface area (Å²) in [6, 6.07) is 18.9. The topological polar surface area (TPSA) is 118 Å².